The molecule has 6 nitrogen and oxygen atoms in total. The number of aromatic nitrogens is 3. The van der Waals surface area contributed by atoms with E-state index in [0.29, 0.717) is 24.2 Å². The van der Waals surface area contributed by atoms with Crippen LogP contribution in [0.1, 0.15) is 28.2 Å². The van der Waals surface area contributed by atoms with E-state index in [9.17, 15) is 10.2 Å². The number of phenolic OH excluding ortho intramolecular Hbond substituents is 1. The molecule has 2 heterocycles. The van der Waals surface area contributed by atoms with Gasteiger partial charge in [0, 0.05) is 39.3 Å². The van der Waals surface area contributed by atoms with Gasteiger partial charge in [-0.2, -0.15) is 0 Å². The number of phenols is 1. The van der Waals surface area contributed by atoms with Crippen molar-refractivity contribution in [3.63, 3.8) is 0 Å². The zero-order chi connectivity index (χ0) is 21.1. The number of imidazole rings is 1. The third-order valence-electron chi connectivity index (χ3n) is 4.80. The molecule has 0 bridgehead atoms. The molecule has 6 heteroatoms. The minimum atomic E-state index is 0.106. The average molecular weight is 400 g/mol. The molecule has 2 aromatic carbocycles. The lowest BCUT2D eigenvalue weighted by atomic mass is 10.1. The van der Waals surface area contributed by atoms with Crippen LogP contribution in [0.5, 0.6) is 11.6 Å². The molecular weight excluding hydrogens is 376 g/mol. The fourth-order valence-electron chi connectivity index (χ4n) is 3.30. The number of fused-ring (bicyclic) bond motifs is 1. The lowest BCUT2D eigenvalue weighted by molar-refractivity contribution is 0.442. The van der Waals surface area contributed by atoms with Crippen molar-refractivity contribution in [1.82, 2.24) is 19.3 Å². The maximum atomic E-state index is 10.9. The fraction of sp³-hybridized carbons (Fsp3) is 0.167. The highest BCUT2D eigenvalue weighted by molar-refractivity contribution is 5.56. The Balaban J connectivity index is 1.79. The second-order valence-corrected chi connectivity index (χ2v) is 7.47. The third-order valence-corrected chi connectivity index (χ3v) is 4.80. The van der Waals surface area contributed by atoms with E-state index in [1.807, 2.05) is 61.6 Å². The van der Waals surface area contributed by atoms with Crippen LogP contribution in [0.25, 0.3) is 11.7 Å². The van der Waals surface area contributed by atoms with Crippen molar-refractivity contribution in [1.29, 1.82) is 0 Å². The second-order valence-electron chi connectivity index (χ2n) is 7.47. The molecule has 0 atom stereocenters. The zero-order valence-corrected chi connectivity index (χ0v) is 17.0. The fourth-order valence-corrected chi connectivity index (χ4v) is 3.30. The van der Waals surface area contributed by atoms with Gasteiger partial charge in [-0.3, -0.25) is 4.40 Å². The minimum Gasteiger partial charge on any atom is -0.508 e. The van der Waals surface area contributed by atoms with Gasteiger partial charge >= 0.3 is 0 Å². The largest absolute Gasteiger partial charge is 0.508 e. The van der Waals surface area contributed by atoms with E-state index in [-0.39, 0.29) is 11.6 Å². The number of aromatic hydroxyl groups is 2. The van der Waals surface area contributed by atoms with Gasteiger partial charge in [0.15, 0.2) is 5.65 Å². The van der Waals surface area contributed by atoms with Crippen LogP contribution >= 0.6 is 0 Å². The van der Waals surface area contributed by atoms with Crippen molar-refractivity contribution in [2.45, 2.75) is 12.8 Å². The van der Waals surface area contributed by atoms with E-state index in [2.05, 4.69) is 12.1 Å². The second kappa shape index (κ2) is 8.29. The number of nitrogens with zero attached hydrogens (tertiary/aromatic N) is 4. The highest BCUT2D eigenvalue weighted by Crippen LogP contribution is 2.26. The topological polar surface area (TPSA) is 73.9 Å². The Bertz CT molecular complexity index is 1180. The molecule has 152 valence electrons. The number of hydrogen-bond acceptors (Lipinski definition) is 5. The molecule has 4 aromatic rings. The van der Waals surface area contributed by atoms with Gasteiger partial charge in [0.1, 0.15) is 11.4 Å². The van der Waals surface area contributed by atoms with E-state index in [1.54, 1.807) is 22.7 Å². The van der Waals surface area contributed by atoms with Crippen LogP contribution in [-0.4, -0.2) is 43.6 Å². The van der Waals surface area contributed by atoms with Crippen LogP contribution in [0.2, 0.25) is 0 Å². The summed E-state index contributed by atoms with van der Waals surface area (Å²) in [6, 6.07) is 17.0. The molecule has 0 unspecified atom stereocenters. The van der Waals surface area contributed by atoms with E-state index in [0.717, 1.165) is 22.5 Å². The third kappa shape index (κ3) is 4.27. The summed E-state index contributed by atoms with van der Waals surface area (Å²) in [6.45, 7) is 0. The summed E-state index contributed by atoms with van der Waals surface area (Å²) in [4.78, 5) is 11.5. The van der Waals surface area contributed by atoms with Gasteiger partial charge < -0.3 is 15.1 Å². The summed E-state index contributed by atoms with van der Waals surface area (Å²) in [7, 11) is 3.90. The average Bonchev–Trinajstić information content (AvgIpc) is 3.05. The molecule has 0 saturated carbocycles. The normalized spacial score (nSPS) is 11.4. The van der Waals surface area contributed by atoms with Crippen molar-refractivity contribution in [2.24, 2.45) is 0 Å². The van der Waals surface area contributed by atoms with Crippen LogP contribution in [0.3, 0.4) is 0 Å². The van der Waals surface area contributed by atoms with Gasteiger partial charge in [-0.1, -0.05) is 42.5 Å². The number of rotatable bonds is 6. The van der Waals surface area contributed by atoms with Crippen molar-refractivity contribution in [2.75, 3.05) is 14.1 Å². The van der Waals surface area contributed by atoms with Crippen molar-refractivity contribution in [3.05, 3.63) is 95.2 Å². The molecule has 0 fully saturated rings. The quantitative estimate of drug-likeness (QED) is 0.514. The Morgan fingerprint density at radius 1 is 0.867 bits per heavy atom. The van der Waals surface area contributed by atoms with Crippen molar-refractivity contribution in [3.8, 4) is 11.6 Å². The predicted octanol–water partition coefficient (Wildman–Crippen LogP) is 3.85. The molecule has 0 amide bonds. The standard InChI is InChI=1S/C24H24N4O2/c1-27(2)13-12-19-16-28-23(21(25-19)14-17-6-4-3-5-7-17)26-22(24(28)30)15-18-8-10-20(29)11-9-18/h3-13,16,29-30H,14-15H2,1-2H3/b13-12+. The first kappa shape index (κ1) is 19.5. The Kier molecular flexibility index (Phi) is 5.39. The van der Waals surface area contributed by atoms with Gasteiger partial charge in [-0.25, -0.2) is 9.97 Å². The highest BCUT2D eigenvalue weighted by atomic mass is 16.3. The molecule has 0 aliphatic heterocycles. The Morgan fingerprint density at radius 2 is 1.53 bits per heavy atom. The molecule has 0 radical (unpaired) electrons. The first-order valence-electron chi connectivity index (χ1n) is 9.76. The first-order valence-corrected chi connectivity index (χ1v) is 9.76. The zero-order valence-electron chi connectivity index (χ0n) is 17.0. The molecule has 0 aliphatic rings. The van der Waals surface area contributed by atoms with Gasteiger partial charge in [-0.15, -0.1) is 0 Å². The summed E-state index contributed by atoms with van der Waals surface area (Å²) in [5.74, 6) is 0.318. The lowest BCUT2D eigenvalue weighted by Crippen LogP contribution is -2.03. The summed E-state index contributed by atoms with van der Waals surface area (Å²) < 4.78 is 1.70. The maximum absolute atomic E-state index is 10.9. The molecule has 0 spiro atoms. The molecule has 0 aliphatic carbocycles. The highest BCUT2D eigenvalue weighted by Gasteiger charge is 2.17. The van der Waals surface area contributed by atoms with Crippen LogP contribution in [-0.2, 0) is 12.8 Å². The molecule has 4 rings (SSSR count). The van der Waals surface area contributed by atoms with E-state index < -0.39 is 0 Å². The van der Waals surface area contributed by atoms with E-state index >= 15 is 0 Å². The summed E-state index contributed by atoms with van der Waals surface area (Å²) >= 11 is 0. The molecule has 30 heavy (non-hydrogen) atoms. The van der Waals surface area contributed by atoms with Gasteiger partial charge in [0.2, 0.25) is 5.88 Å². The maximum Gasteiger partial charge on any atom is 0.219 e. The summed E-state index contributed by atoms with van der Waals surface area (Å²) in [5.41, 5.74) is 4.85. The SMILES string of the molecule is CN(C)/C=C/c1cn2c(O)c(Cc3ccc(O)cc3)nc2c(Cc2ccccc2)n1. The van der Waals surface area contributed by atoms with Crippen LogP contribution in [0.4, 0.5) is 0 Å². The lowest BCUT2D eigenvalue weighted by Gasteiger charge is -2.07. The van der Waals surface area contributed by atoms with Gasteiger partial charge in [0.05, 0.1) is 11.4 Å². The summed E-state index contributed by atoms with van der Waals surface area (Å²) in [6.07, 6.45) is 6.70. The van der Waals surface area contributed by atoms with Crippen molar-refractivity contribution < 1.29 is 10.2 Å². The van der Waals surface area contributed by atoms with Gasteiger partial charge in [-0.05, 0) is 29.3 Å². The minimum absolute atomic E-state index is 0.106. The van der Waals surface area contributed by atoms with Gasteiger partial charge in [0.25, 0.3) is 0 Å². The summed E-state index contributed by atoms with van der Waals surface area (Å²) in [5, 5.41) is 20.4. The Hall–Kier alpha value is -3.80. The van der Waals surface area contributed by atoms with Crippen LogP contribution in [0.15, 0.2) is 67.0 Å². The number of hydrogen-bond donors (Lipinski definition) is 2. The smallest absolute Gasteiger partial charge is 0.219 e. The Morgan fingerprint density at radius 3 is 2.23 bits per heavy atom. The van der Waals surface area contributed by atoms with E-state index in [1.165, 1.54) is 0 Å². The number of benzene rings is 2. The molecular formula is C24H24N4O2. The van der Waals surface area contributed by atoms with Crippen LogP contribution < -0.4 is 0 Å². The molecule has 2 aromatic heterocycles. The molecule has 0 saturated heterocycles. The predicted molar refractivity (Wildman–Crippen MR) is 118 cm³/mol. The monoisotopic (exact) mass is 400 g/mol. The molecule has 2 N–H and O–H groups in total. The first-order chi connectivity index (χ1) is 14.5. The van der Waals surface area contributed by atoms with E-state index in [4.69, 9.17) is 9.97 Å². The van der Waals surface area contributed by atoms with Crippen molar-refractivity contribution >= 4 is 11.7 Å². The Labute approximate surface area is 175 Å². The van der Waals surface area contributed by atoms with Crippen LogP contribution in [0, 0.1) is 0 Å².